The molecule has 0 heterocycles. The second kappa shape index (κ2) is 21.0. The Morgan fingerprint density at radius 3 is 2.00 bits per heavy atom. The zero-order chi connectivity index (χ0) is 39.0. The molecule has 0 aromatic heterocycles. The van der Waals surface area contributed by atoms with Crippen LogP contribution in [0.25, 0.3) is 0 Å². The molecular weight excluding hydrogens is 712 g/mol. The van der Waals surface area contributed by atoms with Gasteiger partial charge in [-0.25, -0.2) is 4.79 Å². The molecule has 0 aliphatic rings. The molecule has 0 aliphatic heterocycles. The zero-order valence-corrected chi connectivity index (χ0v) is 30.8. The van der Waals surface area contributed by atoms with E-state index >= 15 is 0 Å². The monoisotopic (exact) mass is 757 g/mol. The number of thioether (sulfide) groups is 1. The summed E-state index contributed by atoms with van der Waals surface area (Å²) in [6, 6.07) is 21.2. The van der Waals surface area contributed by atoms with E-state index in [2.05, 4.69) is 15.4 Å². The highest BCUT2D eigenvalue weighted by atomic mass is 32.2. The fraction of sp³-hybridized carbons (Fsp3) is 0.395. The van der Waals surface area contributed by atoms with Gasteiger partial charge in [-0.05, 0) is 67.0 Å². The lowest BCUT2D eigenvalue weighted by molar-refractivity contribution is -0.189. The van der Waals surface area contributed by atoms with Crippen molar-refractivity contribution in [1.29, 1.82) is 0 Å². The van der Waals surface area contributed by atoms with Crippen LogP contribution in [0.1, 0.15) is 30.0 Å². The molecule has 3 atom stereocenters. The summed E-state index contributed by atoms with van der Waals surface area (Å²) < 4.78 is 41.6. The predicted octanol–water partition coefficient (Wildman–Crippen LogP) is 3.54. The first kappa shape index (κ1) is 42.5. The molecule has 3 aromatic carbocycles. The Bertz CT molecular complexity index is 1650. The molecule has 11 nitrogen and oxygen atoms in total. The molecule has 0 saturated heterocycles. The number of esters is 1. The lowest BCUT2D eigenvalue weighted by atomic mass is 10.0. The van der Waals surface area contributed by atoms with Gasteiger partial charge in [0, 0.05) is 26.6 Å². The van der Waals surface area contributed by atoms with Crippen molar-refractivity contribution in [1.82, 2.24) is 20.4 Å². The number of hydrogen-bond donors (Lipinski definition) is 3. The smallest absolute Gasteiger partial charge is 0.420 e. The van der Waals surface area contributed by atoms with Crippen LogP contribution < -0.4 is 21.1 Å². The van der Waals surface area contributed by atoms with Crippen LogP contribution in [0, 0.1) is 0 Å². The van der Waals surface area contributed by atoms with Crippen LogP contribution in [0.3, 0.4) is 0 Å². The Hall–Kier alpha value is -4.89. The number of nitrogens with two attached hydrogens (primary N) is 1. The van der Waals surface area contributed by atoms with Crippen molar-refractivity contribution in [2.24, 2.45) is 5.73 Å². The number of carbonyl (C=O) groups excluding carboxylic acids is 5. The fourth-order valence-corrected chi connectivity index (χ4v) is 5.70. The van der Waals surface area contributed by atoms with Gasteiger partial charge < -0.3 is 30.9 Å². The van der Waals surface area contributed by atoms with E-state index in [9.17, 15) is 37.1 Å². The van der Waals surface area contributed by atoms with Crippen LogP contribution in [0.15, 0.2) is 84.9 Å². The average Bonchev–Trinajstić information content (AvgIpc) is 3.14. The largest absolute Gasteiger partial charge is 0.491 e. The molecule has 0 fully saturated rings. The Kier molecular flexibility index (Phi) is 16.8. The van der Waals surface area contributed by atoms with Crippen molar-refractivity contribution in [3.63, 3.8) is 0 Å². The molecule has 4 amide bonds. The van der Waals surface area contributed by atoms with Crippen molar-refractivity contribution >= 4 is 41.4 Å². The minimum Gasteiger partial charge on any atom is -0.420 e. The SMILES string of the molecule is CSCCCN(CCc1ccccc1)C(=O)[C@H](Cc1ccccc1)N(C)C(=O)CNC(=O)[C@@H](C)NC(=O)[C@@H](N)Cc1ccc(OC(=O)C(F)(F)F)cc1. The van der Waals surface area contributed by atoms with Gasteiger partial charge >= 0.3 is 12.1 Å². The van der Waals surface area contributed by atoms with E-state index in [-0.39, 0.29) is 24.5 Å². The number of benzene rings is 3. The number of ether oxygens (including phenoxy) is 1. The van der Waals surface area contributed by atoms with Crippen molar-refractivity contribution in [2.45, 2.75) is 56.9 Å². The Balaban J connectivity index is 1.60. The number of carbonyl (C=O) groups is 5. The summed E-state index contributed by atoms with van der Waals surface area (Å²) in [5.41, 5.74) is 8.43. The van der Waals surface area contributed by atoms with E-state index in [0.29, 0.717) is 25.1 Å². The van der Waals surface area contributed by atoms with E-state index in [1.165, 1.54) is 31.0 Å². The lowest BCUT2D eigenvalue weighted by Gasteiger charge is -2.33. The van der Waals surface area contributed by atoms with Gasteiger partial charge in [0.15, 0.2) is 0 Å². The summed E-state index contributed by atoms with van der Waals surface area (Å²) >= 11 is 1.69. The Morgan fingerprint density at radius 2 is 1.42 bits per heavy atom. The fourth-order valence-electron chi connectivity index (χ4n) is 5.28. The minimum atomic E-state index is -5.15. The summed E-state index contributed by atoms with van der Waals surface area (Å²) in [5, 5.41) is 5.02. The number of alkyl halides is 3. The summed E-state index contributed by atoms with van der Waals surface area (Å²) in [7, 11) is 1.54. The van der Waals surface area contributed by atoms with Gasteiger partial charge in [0.1, 0.15) is 17.8 Å². The van der Waals surface area contributed by atoms with E-state index in [1.807, 2.05) is 66.9 Å². The highest BCUT2D eigenvalue weighted by molar-refractivity contribution is 7.98. The van der Waals surface area contributed by atoms with Crippen LogP contribution in [0.5, 0.6) is 5.75 Å². The molecule has 0 radical (unpaired) electrons. The van der Waals surface area contributed by atoms with Crippen molar-refractivity contribution in [2.75, 3.05) is 38.7 Å². The molecule has 0 saturated carbocycles. The van der Waals surface area contributed by atoms with E-state index in [4.69, 9.17) is 5.73 Å². The van der Waals surface area contributed by atoms with Gasteiger partial charge in [-0.3, -0.25) is 19.2 Å². The summed E-state index contributed by atoms with van der Waals surface area (Å²) in [6.07, 6.45) is -1.46. The van der Waals surface area contributed by atoms with E-state index in [1.54, 1.807) is 16.7 Å². The molecule has 3 rings (SSSR count). The first-order valence-corrected chi connectivity index (χ1v) is 18.4. The standard InChI is InChI=1S/C38H46F3N5O6S/c1-26(44-35(49)31(42)23-29-15-17-30(18-16-29)52-37(51)38(39,40)41)34(48)43-25-33(47)45(2)32(24-28-13-8-5-9-14-28)36(50)46(20-10-22-53-3)21-19-27-11-6-4-7-12-27/h4-9,11-18,26,31-32H,10,19-25,42H2,1-3H3,(H,43,48)(H,44,49)/t26-,31+,32+/m1/s1. The average molecular weight is 758 g/mol. The number of rotatable bonds is 19. The molecule has 4 N–H and O–H groups in total. The van der Waals surface area contributed by atoms with E-state index in [0.717, 1.165) is 35.4 Å². The van der Waals surface area contributed by atoms with E-state index < -0.39 is 54.5 Å². The molecule has 3 aromatic rings. The maximum absolute atomic E-state index is 14.2. The topological polar surface area (TPSA) is 151 Å². The molecule has 0 spiro atoms. The molecular formula is C38H46F3N5O6S. The van der Waals surface area contributed by atoms with Crippen LogP contribution in [-0.2, 0) is 43.2 Å². The van der Waals surface area contributed by atoms with Crippen LogP contribution in [-0.4, -0.2) is 102 Å². The lowest BCUT2D eigenvalue weighted by Crippen LogP contribution is -2.55. The molecule has 0 bridgehead atoms. The predicted molar refractivity (Wildman–Crippen MR) is 197 cm³/mol. The molecule has 53 heavy (non-hydrogen) atoms. The second-order valence-electron chi connectivity index (χ2n) is 12.4. The maximum Gasteiger partial charge on any atom is 0.491 e. The first-order valence-electron chi connectivity index (χ1n) is 17.0. The summed E-state index contributed by atoms with van der Waals surface area (Å²) in [5.74, 6) is -3.86. The zero-order valence-electron chi connectivity index (χ0n) is 29.9. The minimum absolute atomic E-state index is 0.0343. The third-order valence-corrected chi connectivity index (χ3v) is 9.04. The molecule has 0 aliphatic carbocycles. The Morgan fingerprint density at radius 1 is 0.830 bits per heavy atom. The highest BCUT2D eigenvalue weighted by Crippen LogP contribution is 2.21. The number of halogens is 3. The summed E-state index contributed by atoms with van der Waals surface area (Å²) in [6.45, 7) is 1.99. The van der Waals surface area contributed by atoms with Gasteiger partial charge in [0.2, 0.25) is 23.6 Å². The van der Waals surface area contributed by atoms with Gasteiger partial charge in [-0.15, -0.1) is 0 Å². The van der Waals surface area contributed by atoms with Crippen molar-refractivity contribution in [3.8, 4) is 5.75 Å². The highest BCUT2D eigenvalue weighted by Gasteiger charge is 2.41. The number of hydrogen-bond acceptors (Lipinski definition) is 8. The van der Waals surface area contributed by atoms with Crippen LogP contribution in [0.4, 0.5) is 13.2 Å². The van der Waals surface area contributed by atoms with Gasteiger partial charge in [-0.2, -0.15) is 24.9 Å². The number of nitrogens with one attached hydrogen (secondary N) is 2. The third-order valence-electron chi connectivity index (χ3n) is 8.34. The number of likely N-dealkylation sites (N-methyl/N-ethyl adjacent to an activating group) is 1. The summed E-state index contributed by atoms with van der Waals surface area (Å²) in [4.78, 5) is 67.5. The van der Waals surface area contributed by atoms with Crippen molar-refractivity contribution < 1.29 is 41.9 Å². The van der Waals surface area contributed by atoms with Gasteiger partial charge in [0.25, 0.3) is 0 Å². The van der Waals surface area contributed by atoms with Gasteiger partial charge in [0.05, 0.1) is 12.6 Å². The number of amides is 4. The van der Waals surface area contributed by atoms with Gasteiger partial charge in [-0.1, -0.05) is 72.8 Å². The Labute approximate surface area is 311 Å². The normalized spacial score (nSPS) is 12.9. The first-order chi connectivity index (χ1) is 25.2. The molecule has 286 valence electrons. The van der Waals surface area contributed by atoms with Crippen LogP contribution in [0.2, 0.25) is 0 Å². The number of nitrogens with zero attached hydrogens (tertiary/aromatic N) is 2. The second-order valence-corrected chi connectivity index (χ2v) is 13.4. The third kappa shape index (κ3) is 14.2. The molecule has 0 unspecified atom stereocenters. The molecule has 15 heteroatoms. The van der Waals surface area contributed by atoms with Crippen LogP contribution >= 0.6 is 11.8 Å². The van der Waals surface area contributed by atoms with Crippen molar-refractivity contribution in [3.05, 3.63) is 102 Å². The quantitative estimate of drug-likeness (QED) is 0.0956. The maximum atomic E-state index is 14.2.